The number of aliphatic hydroxyl groups excluding tert-OH is 3. The number of imidazole rings is 1. The largest absolute Gasteiger partial charge is 0.392 e. The average molecular weight is 291 g/mol. The number of hydrogen-bond donors (Lipinski definition) is 4. The summed E-state index contributed by atoms with van der Waals surface area (Å²) < 4.78 is 6.88. The van der Waals surface area contributed by atoms with Crippen LogP contribution in [-0.2, 0) is 4.74 Å². The summed E-state index contributed by atoms with van der Waals surface area (Å²) in [6, 6.07) is 0. The highest BCUT2D eigenvalue weighted by molar-refractivity contribution is 5.81. The lowest BCUT2D eigenvalue weighted by Crippen LogP contribution is -2.44. The third kappa shape index (κ3) is 1.78. The molecule has 0 bridgehead atoms. The van der Waals surface area contributed by atoms with Crippen LogP contribution >= 0.6 is 0 Å². The second-order valence-corrected chi connectivity index (χ2v) is 4.72. The van der Waals surface area contributed by atoms with Crippen LogP contribution < -0.4 is 5.73 Å². The minimum absolute atomic E-state index is 0.178. The number of terminal acetylenes is 1. The van der Waals surface area contributed by atoms with Crippen molar-refractivity contribution in [3.05, 3.63) is 12.7 Å². The van der Waals surface area contributed by atoms with Crippen LogP contribution in [-0.4, -0.2) is 59.3 Å². The number of nitrogen functional groups attached to an aromatic ring is 1. The molecule has 3 heterocycles. The summed E-state index contributed by atoms with van der Waals surface area (Å²) in [5.74, 6) is 2.36. The van der Waals surface area contributed by atoms with Crippen molar-refractivity contribution in [1.29, 1.82) is 0 Å². The Labute approximate surface area is 119 Å². The first-order valence-corrected chi connectivity index (χ1v) is 6.09. The quantitative estimate of drug-likeness (QED) is 0.467. The first-order chi connectivity index (χ1) is 10.0. The molecule has 110 valence electrons. The van der Waals surface area contributed by atoms with E-state index in [1.54, 1.807) is 0 Å². The Morgan fingerprint density at radius 3 is 2.81 bits per heavy atom. The first kappa shape index (κ1) is 13.7. The number of fused-ring (bicyclic) bond motifs is 1. The molecule has 0 aromatic carbocycles. The number of ether oxygens (including phenoxy) is 1. The Morgan fingerprint density at radius 1 is 1.43 bits per heavy atom. The molecule has 21 heavy (non-hydrogen) atoms. The maximum atomic E-state index is 10.2. The highest BCUT2D eigenvalue weighted by atomic mass is 16.6. The van der Waals surface area contributed by atoms with E-state index in [-0.39, 0.29) is 5.82 Å². The van der Waals surface area contributed by atoms with E-state index in [0.29, 0.717) is 11.2 Å². The van der Waals surface area contributed by atoms with Crippen LogP contribution in [0.3, 0.4) is 0 Å². The standard InChI is InChI=1S/C12H13N5O4/c1-2-12(3-18)8(20)7(19)11(21-12)17-5-16-6-9(13)14-4-15-10(6)17/h1,4-5,7-8,11,18-20H,3H2,(H2,13,14,15)/t7-,8?,11+,12+/m0/s1. The van der Waals surface area contributed by atoms with E-state index in [9.17, 15) is 15.3 Å². The molecule has 2 aromatic rings. The molecule has 1 unspecified atom stereocenters. The highest BCUT2D eigenvalue weighted by Crippen LogP contribution is 2.37. The number of aliphatic hydroxyl groups is 3. The van der Waals surface area contributed by atoms with E-state index in [1.807, 2.05) is 0 Å². The summed E-state index contributed by atoms with van der Waals surface area (Å²) in [6.45, 7) is -0.637. The molecule has 1 saturated heterocycles. The maximum Gasteiger partial charge on any atom is 0.182 e. The second-order valence-electron chi connectivity index (χ2n) is 4.72. The van der Waals surface area contributed by atoms with Crippen LogP contribution in [0.25, 0.3) is 11.2 Å². The fourth-order valence-corrected chi connectivity index (χ4v) is 2.36. The molecular formula is C12H13N5O4. The van der Waals surface area contributed by atoms with Gasteiger partial charge >= 0.3 is 0 Å². The molecule has 3 rings (SSSR count). The fourth-order valence-electron chi connectivity index (χ4n) is 2.36. The van der Waals surface area contributed by atoms with E-state index in [4.69, 9.17) is 16.9 Å². The van der Waals surface area contributed by atoms with Gasteiger partial charge in [-0.1, -0.05) is 5.92 Å². The van der Waals surface area contributed by atoms with Gasteiger partial charge in [-0.3, -0.25) is 4.57 Å². The molecule has 0 saturated carbocycles. The molecule has 4 atom stereocenters. The molecule has 2 aromatic heterocycles. The Balaban J connectivity index is 2.08. The van der Waals surface area contributed by atoms with Gasteiger partial charge in [0.15, 0.2) is 23.3 Å². The number of nitrogens with zero attached hydrogens (tertiary/aromatic N) is 4. The van der Waals surface area contributed by atoms with Crippen molar-refractivity contribution in [1.82, 2.24) is 19.5 Å². The highest BCUT2D eigenvalue weighted by Gasteiger charge is 2.54. The van der Waals surface area contributed by atoms with Gasteiger partial charge < -0.3 is 25.8 Å². The Kier molecular flexibility index (Phi) is 3.03. The zero-order chi connectivity index (χ0) is 15.2. The van der Waals surface area contributed by atoms with Crippen LogP contribution in [0, 0.1) is 12.3 Å². The molecule has 1 aliphatic rings. The predicted molar refractivity (Wildman–Crippen MR) is 70.5 cm³/mol. The fraction of sp³-hybridized carbons (Fsp3) is 0.417. The zero-order valence-corrected chi connectivity index (χ0v) is 10.8. The molecule has 1 aliphatic heterocycles. The van der Waals surface area contributed by atoms with Crippen LogP contribution in [0.1, 0.15) is 6.23 Å². The third-order valence-corrected chi connectivity index (χ3v) is 3.56. The summed E-state index contributed by atoms with van der Waals surface area (Å²) >= 11 is 0. The van der Waals surface area contributed by atoms with Gasteiger partial charge in [0.2, 0.25) is 0 Å². The van der Waals surface area contributed by atoms with Crippen molar-refractivity contribution < 1.29 is 20.1 Å². The molecule has 9 nitrogen and oxygen atoms in total. The van der Waals surface area contributed by atoms with E-state index < -0.39 is 30.6 Å². The van der Waals surface area contributed by atoms with Gasteiger partial charge in [-0.25, -0.2) is 15.0 Å². The molecular weight excluding hydrogens is 278 g/mol. The van der Waals surface area contributed by atoms with Crippen LogP contribution in [0.5, 0.6) is 0 Å². The smallest absolute Gasteiger partial charge is 0.182 e. The van der Waals surface area contributed by atoms with Crippen LogP contribution in [0.2, 0.25) is 0 Å². The summed E-state index contributed by atoms with van der Waals surface area (Å²) in [5, 5.41) is 29.6. The summed E-state index contributed by atoms with van der Waals surface area (Å²) in [7, 11) is 0. The van der Waals surface area contributed by atoms with Gasteiger partial charge in [0.1, 0.15) is 24.1 Å². The molecule has 0 radical (unpaired) electrons. The Morgan fingerprint density at radius 2 is 2.19 bits per heavy atom. The van der Waals surface area contributed by atoms with Crippen LogP contribution in [0.15, 0.2) is 12.7 Å². The summed E-state index contributed by atoms with van der Waals surface area (Å²) in [6.07, 6.45) is 4.04. The molecule has 1 fully saturated rings. The Bertz CT molecular complexity index is 726. The van der Waals surface area contributed by atoms with Crippen molar-refractivity contribution in [2.24, 2.45) is 0 Å². The predicted octanol–water partition coefficient (Wildman–Crippen LogP) is -1.98. The minimum Gasteiger partial charge on any atom is -0.392 e. The summed E-state index contributed by atoms with van der Waals surface area (Å²) in [4.78, 5) is 11.9. The molecule has 0 amide bonds. The van der Waals surface area contributed by atoms with E-state index in [0.717, 1.165) is 0 Å². The Hall–Kier alpha value is -2.25. The lowest BCUT2D eigenvalue weighted by atomic mass is 9.97. The monoisotopic (exact) mass is 291 g/mol. The molecule has 5 N–H and O–H groups in total. The minimum atomic E-state index is -1.68. The van der Waals surface area contributed by atoms with Gasteiger partial charge in [0.25, 0.3) is 0 Å². The van der Waals surface area contributed by atoms with Crippen LogP contribution in [0.4, 0.5) is 5.82 Å². The van der Waals surface area contributed by atoms with Crippen molar-refractivity contribution in [2.75, 3.05) is 12.3 Å². The maximum absolute atomic E-state index is 10.2. The lowest BCUT2D eigenvalue weighted by Gasteiger charge is -2.23. The van der Waals surface area contributed by atoms with Gasteiger partial charge in [-0.05, 0) is 0 Å². The number of rotatable bonds is 2. The second kappa shape index (κ2) is 4.64. The van der Waals surface area contributed by atoms with E-state index in [2.05, 4.69) is 20.9 Å². The topological polar surface area (TPSA) is 140 Å². The average Bonchev–Trinajstić information content (AvgIpc) is 3.02. The lowest BCUT2D eigenvalue weighted by molar-refractivity contribution is -0.0911. The van der Waals surface area contributed by atoms with Gasteiger partial charge in [-0.15, -0.1) is 6.42 Å². The first-order valence-electron chi connectivity index (χ1n) is 6.09. The third-order valence-electron chi connectivity index (χ3n) is 3.56. The number of hydrogen-bond acceptors (Lipinski definition) is 8. The number of aromatic nitrogens is 4. The SMILES string of the molecule is C#C[C@]1(CO)O[C@@H](n2cnc3c(N)ncnc32)[C@@H](O)C1O. The summed E-state index contributed by atoms with van der Waals surface area (Å²) in [5.41, 5.74) is 4.66. The number of nitrogens with two attached hydrogens (primary N) is 1. The van der Waals surface area contributed by atoms with E-state index >= 15 is 0 Å². The van der Waals surface area contributed by atoms with Gasteiger partial charge in [-0.2, -0.15) is 0 Å². The van der Waals surface area contributed by atoms with Crippen molar-refractivity contribution in [3.63, 3.8) is 0 Å². The molecule has 9 heteroatoms. The zero-order valence-electron chi connectivity index (χ0n) is 10.8. The van der Waals surface area contributed by atoms with Gasteiger partial charge in [0.05, 0.1) is 12.9 Å². The number of anilines is 1. The molecule has 0 spiro atoms. The van der Waals surface area contributed by atoms with E-state index in [1.165, 1.54) is 17.2 Å². The normalized spacial score (nSPS) is 32.4. The van der Waals surface area contributed by atoms with Crippen molar-refractivity contribution >= 4 is 17.0 Å². The van der Waals surface area contributed by atoms with Gasteiger partial charge in [0, 0.05) is 0 Å². The van der Waals surface area contributed by atoms with Crippen molar-refractivity contribution in [3.8, 4) is 12.3 Å². The van der Waals surface area contributed by atoms with Crippen molar-refractivity contribution in [2.45, 2.75) is 24.0 Å². The molecule has 0 aliphatic carbocycles.